The molecule has 1 aromatic rings. The molecular formula is C12H14ClNO. The maximum atomic E-state index is 6.02. The highest BCUT2D eigenvalue weighted by Gasteiger charge is 2.05. The minimum atomic E-state index is -0.0257. The van der Waals surface area contributed by atoms with E-state index in [1.165, 1.54) is 0 Å². The fraction of sp³-hybridized carbons (Fsp3) is 0.333. The summed E-state index contributed by atoms with van der Waals surface area (Å²) in [5, 5.41) is 0.571. The third-order valence-electron chi connectivity index (χ3n) is 1.99. The summed E-state index contributed by atoms with van der Waals surface area (Å²) in [5.41, 5.74) is 6.72. The molecule has 0 radical (unpaired) electrons. The lowest BCUT2D eigenvalue weighted by Gasteiger charge is -2.10. The summed E-state index contributed by atoms with van der Waals surface area (Å²) in [4.78, 5) is 0. The van der Waals surface area contributed by atoms with Crippen LogP contribution in [0.1, 0.15) is 24.9 Å². The van der Waals surface area contributed by atoms with Crippen LogP contribution in [0, 0.1) is 12.3 Å². The van der Waals surface area contributed by atoms with Gasteiger partial charge in [-0.2, -0.15) is 0 Å². The van der Waals surface area contributed by atoms with E-state index in [0.717, 1.165) is 5.56 Å². The topological polar surface area (TPSA) is 35.2 Å². The summed E-state index contributed by atoms with van der Waals surface area (Å²) < 4.78 is 5.40. The summed E-state index contributed by atoms with van der Waals surface area (Å²) in [5.74, 6) is 3.15. The zero-order chi connectivity index (χ0) is 11.3. The van der Waals surface area contributed by atoms with E-state index in [1.807, 2.05) is 25.1 Å². The number of rotatable bonds is 4. The third-order valence-corrected chi connectivity index (χ3v) is 2.28. The van der Waals surface area contributed by atoms with Crippen molar-refractivity contribution in [3.63, 3.8) is 0 Å². The predicted octanol–water partition coefficient (Wildman–Crippen LogP) is 2.76. The monoisotopic (exact) mass is 223 g/mol. The van der Waals surface area contributed by atoms with Crippen LogP contribution in [0.15, 0.2) is 18.2 Å². The summed E-state index contributed by atoms with van der Waals surface area (Å²) >= 11 is 6.02. The lowest BCUT2D eigenvalue weighted by molar-refractivity contribution is 0.327. The van der Waals surface area contributed by atoms with Crippen LogP contribution in [-0.2, 0) is 0 Å². The summed E-state index contributed by atoms with van der Waals surface area (Å²) in [6.07, 6.45) is 5.69. The number of halogens is 1. The quantitative estimate of drug-likeness (QED) is 0.629. The van der Waals surface area contributed by atoms with Crippen LogP contribution in [0.2, 0.25) is 5.02 Å². The number of benzene rings is 1. The van der Waals surface area contributed by atoms with E-state index >= 15 is 0 Å². The predicted molar refractivity (Wildman–Crippen MR) is 63.0 cm³/mol. The minimum Gasteiger partial charge on any atom is -0.491 e. The molecule has 2 N–H and O–H groups in total. The highest BCUT2D eigenvalue weighted by atomic mass is 35.5. The van der Waals surface area contributed by atoms with E-state index in [0.29, 0.717) is 23.8 Å². The fourth-order valence-corrected chi connectivity index (χ4v) is 1.38. The first-order valence-electron chi connectivity index (χ1n) is 4.76. The molecule has 0 saturated heterocycles. The van der Waals surface area contributed by atoms with Crippen molar-refractivity contribution in [1.82, 2.24) is 0 Å². The van der Waals surface area contributed by atoms with Crippen LogP contribution in [0.3, 0.4) is 0 Å². The fourth-order valence-electron chi connectivity index (χ4n) is 1.14. The normalized spacial score (nSPS) is 11.9. The number of hydrogen-bond donors (Lipinski definition) is 1. The second-order valence-electron chi connectivity index (χ2n) is 3.28. The van der Waals surface area contributed by atoms with Crippen molar-refractivity contribution in [2.75, 3.05) is 6.61 Å². The lowest BCUT2D eigenvalue weighted by atomic mass is 10.1. The maximum absolute atomic E-state index is 6.02. The van der Waals surface area contributed by atoms with Crippen molar-refractivity contribution in [3.8, 4) is 18.1 Å². The van der Waals surface area contributed by atoms with Gasteiger partial charge in [0, 0.05) is 12.5 Å². The Bertz CT molecular complexity index is 368. The van der Waals surface area contributed by atoms with Gasteiger partial charge in [-0.05, 0) is 24.6 Å². The first kappa shape index (κ1) is 11.9. The molecule has 3 heteroatoms. The standard InChI is InChI=1S/C12H14ClNO/c1-3-4-7-15-12-6-5-10(9(2)14)8-11(12)13/h1,5-6,8-9H,4,7,14H2,2H3. The number of hydrogen-bond acceptors (Lipinski definition) is 2. The molecule has 0 saturated carbocycles. The molecule has 2 nitrogen and oxygen atoms in total. The van der Waals surface area contributed by atoms with Crippen LogP contribution >= 0.6 is 11.6 Å². The van der Waals surface area contributed by atoms with Crippen LogP contribution < -0.4 is 10.5 Å². The molecule has 1 unspecified atom stereocenters. The number of ether oxygens (including phenoxy) is 1. The van der Waals surface area contributed by atoms with Gasteiger partial charge in [-0.1, -0.05) is 17.7 Å². The number of nitrogens with two attached hydrogens (primary N) is 1. The Morgan fingerprint density at radius 1 is 1.60 bits per heavy atom. The Morgan fingerprint density at radius 3 is 2.87 bits per heavy atom. The van der Waals surface area contributed by atoms with E-state index in [1.54, 1.807) is 0 Å². The van der Waals surface area contributed by atoms with E-state index in [2.05, 4.69) is 5.92 Å². The van der Waals surface area contributed by atoms with Crippen molar-refractivity contribution in [2.45, 2.75) is 19.4 Å². The van der Waals surface area contributed by atoms with E-state index in [-0.39, 0.29) is 6.04 Å². The minimum absolute atomic E-state index is 0.0257. The second kappa shape index (κ2) is 5.65. The van der Waals surface area contributed by atoms with Gasteiger partial charge >= 0.3 is 0 Å². The molecule has 80 valence electrons. The van der Waals surface area contributed by atoms with Gasteiger partial charge < -0.3 is 10.5 Å². The van der Waals surface area contributed by atoms with Gasteiger partial charge in [0.15, 0.2) is 0 Å². The van der Waals surface area contributed by atoms with Crippen molar-refractivity contribution in [2.24, 2.45) is 5.73 Å². The zero-order valence-electron chi connectivity index (χ0n) is 8.66. The Hall–Kier alpha value is -1.17. The van der Waals surface area contributed by atoms with Crippen molar-refractivity contribution < 1.29 is 4.74 Å². The molecule has 1 rings (SSSR count). The first-order valence-corrected chi connectivity index (χ1v) is 5.14. The Labute approximate surface area is 95.4 Å². The van der Waals surface area contributed by atoms with Gasteiger partial charge in [-0.15, -0.1) is 12.3 Å². The maximum Gasteiger partial charge on any atom is 0.137 e. The van der Waals surface area contributed by atoms with Crippen LogP contribution in [0.25, 0.3) is 0 Å². The molecule has 0 aliphatic heterocycles. The van der Waals surface area contributed by atoms with Crippen molar-refractivity contribution >= 4 is 11.6 Å². The molecule has 1 atom stereocenters. The van der Waals surface area contributed by atoms with Gasteiger partial charge in [0.1, 0.15) is 5.75 Å². The summed E-state index contributed by atoms with van der Waals surface area (Å²) in [6, 6.07) is 5.51. The molecule has 0 spiro atoms. The van der Waals surface area contributed by atoms with Gasteiger partial charge in [0.2, 0.25) is 0 Å². The van der Waals surface area contributed by atoms with Crippen molar-refractivity contribution in [1.29, 1.82) is 0 Å². The largest absolute Gasteiger partial charge is 0.491 e. The third kappa shape index (κ3) is 3.47. The SMILES string of the molecule is C#CCCOc1ccc(C(C)N)cc1Cl. The van der Waals surface area contributed by atoms with Gasteiger partial charge in [0.05, 0.1) is 11.6 Å². The molecule has 0 heterocycles. The van der Waals surface area contributed by atoms with Gasteiger partial charge in [0.25, 0.3) is 0 Å². The van der Waals surface area contributed by atoms with Crippen LogP contribution in [0.4, 0.5) is 0 Å². The van der Waals surface area contributed by atoms with Crippen LogP contribution in [-0.4, -0.2) is 6.61 Å². The molecule has 0 aliphatic rings. The molecule has 1 aromatic carbocycles. The number of terminal acetylenes is 1. The van der Waals surface area contributed by atoms with E-state index in [9.17, 15) is 0 Å². The summed E-state index contributed by atoms with van der Waals surface area (Å²) in [7, 11) is 0. The molecular weight excluding hydrogens is 210 g/mol. The van der Waals surface area contributed by atoms with Gasteiger partial charge in [-0.25, -0.2) is 0 Å². The Balaban J connectivity index is 2.71. The highest BCUT2D eigenvalue weighted by molar-refractivity contribution is 6.32. The van der Waals surface area contributed by atoms with Gasteiger partial charge in [-0.3, -0.25) is 0 Å². The molecule has 0 aliphatic carbocycles. The molecule has 0 fully saturated rings. The van der Waals surface area contributed by atoms with E-state index in [4.69, 9.17) is 28.5 Å². The van der Waals surface area contributed by atoms with E-state index < -0.39 is 0 Å². The Kier molecular flexibility index (Phi) is 4.48. The first-order chi connectivity index (χ1) is 7.15. The molecule has 0 bridgehead atoms. The average Bonchev–Trinajstić information content (AvgIpc) is 2.20. The lowest BCUT2D eigenvalue weighted by Crippen LogP contribution is -2.05. The average molecular weight is 224 g/mol. The molecule has 0 amide bonds. The Morgan fingerprint density at radius 2 is 2.33 bits per heavy atom. The molecule has 0 aromatic heterocycles. The van der Waals surface area contributed by atoms with Crippen molar-refractivity contribution in [3.05, 3.63) is 28.8 Å². The highest BCUT2D eigenvalue weighted by Crippen LogP contribution is 2.27. The zero-order valence-corrected chi connectivity index (χ0v) is 9.42. The summed E-state index contributed by atoms with van der Waals surface area (Å²) in [6.45, 7) is 2.39. The molecule has 15 heavy (non-hydrogen) atoms. The second-order valence-corrected chi connectivity index (χ2v) is 3.69. The smallest absolute Gasteiger partial charge is 0.137 e. The van der Waals surface area contributed by atoms with Crippen LogP contribution in [0.5, 0.6) is 5.75 Å².